The molecule has 12 nitrogen and oxygen atoms in total. The van der Waals surface area contributed by atoms with Gasteiger partial charge in [-0.25, -0.2) is 0 Å². The Morgan fingerprint density at radius 3 is 2.37 bits per heavy atom. The van der Waals surface area contributed by atoms with E-state index in [1.807, 2.05) is 44.2 Å². The summed E-state index contributed by atoms with van der Waals surface area (Å²) in [5.41, 5.74) is 1.27. The maximum atomic E-state index is 13.3. The summed E-state index contributed by atoms with van der Waals surface area (Å²) < 4.78 is 56.8. The van der Waals surface area contributed by atoms with Crippen molar-refractivity contribution in [1.29, 1.82) is 0 Å². The van der Waals surface area contributed by atoms with Crippen molar-refractivity contribution in [2.75, 3.05) is 17.2 Å². The van der Waals surface area contributed by atoms with Gasteiger partial charge in [0.2, 0.25) is 17.7 Å². The maximum absolute atomic E-state index is 13.3. The van der Waals surface area contributed by atoms with Crippen LogP contribution in [0.4, 0.5) is 24.5 Å². The number of rotatable bonds is 16. The predicted octanol–water partition coefficient (Wildman–Crippen LogP) is 7.47. The highest BCUT2D eigenvalue weighted by Gasteiger charge is 2.31. The van der Waals surface area contributed by atoms with Gasteiger partial charge in [0.1, 0.15) is 11.9 Å². The molecule has 0 aliphatic carbocycles. The summed E-state index contributed by atoms with van der Waals surface area (Å²) in [5, 5.41) is 23.9. The smallest absolute Gasteiger partial charge is 0.416 e. The van der Waals surface area contributed by atoms with Crippen LogP contribution in [0, 0.1) is 5.92 Å². The van der Waals surface area contributed by atoms with E-state index in [1.54, 1.807) is 12.1 Å². The van der Waals surface area contributed by atoms with Gasteiger partial charge in [0.25, 0.3) is 0 Å². The van der Waals surface area contributed by atoms with E-state index in [2.05, 4.69) is 54.9 Å². The third kappa shape index (κ3) is 10.4. The SMILES string of the molecule is CC(=O)Nc1ccc(C(F)(F)F)cc1NCc1nc(CC(C)COC(C)c2noc(CN(Cc3ccccc3O)C(C)c3ccccc3)n2)no1. The number of nitrogens with zero attached hydrogens (tertiary/aromatic N) is 5. The van der Waals surface area contributed by atoms with E-state index in [1.165, 1.54) is 13.0 Å². The number of ether oxygens (including phenoxy) is 1. The minimum atomic E-state index is -4.55. The van der Waals surface area contributed by atoms with Gasteiger partial charge in [0.05, 0.1) is 36.6 Å². The van der Waals surface area contributed by atoms with Gasteiger partial charge in [-0.15, -0.1) is 0 Å². The third-order valence-electron chi connectivity index (χ3n) is 8.14. The Bertz CT molecular complexity index is 1880. The number of aromatic hydroxyl groups is 1. The van der Waals surface area contributed by atoms with Crippen molar-refractivity contribution in [3.05, 3.63) is 113 Å². The summed E-state index contributed by atoms with van der Waals surface area (Å²) in [6.07, 6.45) is -4.62. The maximum Gasteiger partial charge on any atom is 0.416 e. The standard InChI is InChI=1S/C36H40F3N7O5/c1-22(16-32-42-33(50-44-32)18-40-30-17-28(36(37,38)39)14-15-29(30)41-25(4)47)21-49-24(3)35-43-34(51-45-35)20-46(19-27-12-8-9-13-31(27)48)23(2)26-10-6-5-7-11-26/h5-15,17,22-24,40,48H,16,18-21H2,1-4H3,(H,41,47). The Kier molecular flexibility index (Phi) is 12.1. The van der Waals surface area contributed by atoms with Crippen molar-refractivity contribution < 1.29 is 36.9 Å². The predicted molar refractivity (Wildman–Crippen MR) is 181 cm³/mol. The number of anilines is 2. The molecule has 3 atom stereocenters. The number of para-hydroxylation sites is 1. The first kappa shape index (κ1) is 37.0. The highest BCUT2D eigenvalue weighted by Crippen LogP contribution is 2.34. The fourth-order valence-electron chi connectivity index (χ4n) is 5.34. The number of nitrogens with one attached hydrogen (secondary N) is 2. The lowest BCUT2D eigenvalue weighted by Gasteiger charge is -2.28. The molecule has 2 aromatic heterocycles. The molecule has 5 aromatic rings. The summed E-state index contributed by atoms with van der Waals surface area (Å²) in [6.45, 7) is 8.20. The lowest BCUT2D eigenvalue weighted by Crippen LogP contribution is -2.26. The molecule has 1 amide bonds. The molecular weight excluding hydrogens is 667 g/mol. The zero-order valence-corrected chi connectivity index (χ0v) is 28.6. The van der Waals surface area contributed by atoms with Crippen molar-refractivity contribution in [2.45, 2.75) is 72.1 Å². The van der Waals surface area contributed by atoms with Gasteiger partial charge in [0.15, 0.2) is 11.6 Å². The van der Waals surface area contributed by atoms with E-state index in [9.17, 15) is 23.1 Å². The quantitative estimate of drug-likeness (QED) is 0.0937. The monoisotopic (exact) mass is 707 g/mol. The van der Waals surface area contributed by atoms with Gasteiger partial charge in [-0.1, -0.05) is 65.8 Å². The molecule has 0 saturated carbocycles. The molecule has 2 heterocycles. The Labute approximate surface area is 293 Å². The number of halogens is 3. The van der Waals surface area contributed by atoms with Crippen molar-refractivity contribution in [3.63, 3.8) is 0 Å². The number of hydrogen-bond acceptors (Lipinski definition) is 11. The largest absolute Gasteiger partial charge is 0.508 e. The first-order valence-corrected chi connectivity index (χ1v) is 16.4. The highest BCUT2D eigenvalue weighted by molar-refractivity contribution is 5.92. The molecule has 270 valence electrons. The Morgan fingerprint density at radius 2 is 1.65 bits per heavy atom. The number of phenols is 1. The number of alkyl halides is 3. The molecule has 0 radical (unpaired) electrons. The van der Waals surface area contributed by atoms with Crippen LogP contribution < -0.4 is 10.6 Å². The van der Waals surface area contributed by atoms with Crippen LogP contribution in [-0.2, 0) is 41.8 Å². The number of amides is 1. The zero-order valence-electron chi connectivity index (χ0n) is 28.6. The van der Waals surface area contributed by atoms with E-state index in [4.69, 9.17) is 13.8 Å². The van der Waals surface area contributed by atoms with Gasteiger partial charge in [0, 0.05) is 31.5 Å². The summed E-state index contributed by atoms with van der Waals surface area (Å²) in [4.78, 5) is 22.6. The molecule has 0 bridgehead atoms. The lowest BCUT2D eigenvalue weighted by molar-refractivity contribution is -0.137. The summed E-state index contributed by atoms with van der Waals surface area (Å²) in [7, 11) is 0. The molecule has 0 saturated heterocycles. The number of benzene rings is 3. The van der Waals surface area contributed by atoms with Gasteiger partial charge >= 0.3 is 6.18 Å². The molecule has 3 N–H and O–H groups in total. The second kappa shape index (κ2) is 16.6. The topological polar surface area (TPSA) is 152 Å². The minimum Gasteiger partial charge on any atom is -0.508 e. The molecule has 0 spiro atoms. The fraction of sp³-hybridized carbons (Fsp3) is 0.361. The van der Waals surface area contributed by atoms with E-state index < -0.39 is 23.8 Å². The average molecular weight is 708 g/mol. The molecule has 0 fully saturated rings. The first-order valence-electron chi connectivity index (χ1n) is 16.4. The molecule has 15 heteroatoms. The van der Waals surface area contributed by atoms with Crippen LogP contribution in [0.5, 0.6) is 5.75 Å². The molecule has 0 aliphatic rings. The molecule has 51 heavy (non-hydrogen) atoms. The van der Waals surface area contributed by atoms with Crippen LogP contribution in [0.1, 0.15) is 80.0 Å². The van der Waals surface area contributed by atoms with E-state index in [-0.39, 0.29) is 41.5 Å². The average Bonchev–Trinajstić information content (AvgIpc) is 3.76. The third-order valence-corrected chi connectivity index (χ3v) is 8.14. The number of carbonyl (C=O) groups is 1. The van der Waals surface area contributed by atoms with Crippen molar-refractivity contribution in [2.24, 2.45) is 5.92 Å². The van der Waals surface area contributed by atoms with E-state index in [0.29, 0.717) is 43.7 Å². The molecule has 3 unspecified atom stereocenters. The van der Waals surface area contributed by atoms with Crippen LogP contribution >= 0.6 is 0 Å². The number of hydrogen-bond donors (Lipinski definition) is 3. The number of aromatic nitrogens is 4. The Balaban J connectivity index is 1.14. The molecular formula is C36H40F3N7O5. The Hall–Kier alpha value is -5.28. The van der Waals surface area contributed by atoms with Crippen LogP contribution in [0.15, 0.2) is 81.8 Å². The Morgan fingerprint density at radius 1 is 0.922 bits per heavy atom. The van der Waals surface area contributed by atoms with Gasteiger partial charge < -0.3 is 29.5 Å². The summed E-state index contributed by atoms with van der Waals surface area (Å²) in [6, 6.07) is 20.2. The zero-order chi connectivity index (χ0) is 36.5. The number of phenolic OH excluding ortho intramolecular Hbond substituents is 1. The lowest BCUT2D eigenvalue weighted by atomic mass is 10.1. The number of carbonyl (C=O) groups excluding carboxylic acids is 1. The molecule has 5 rings (SSSR count). The van der Waals surface area contributed by atoms with Gasteiger partial charge in [-0.3, -0.25) is 9.69 Å². The fourth-order valence-corrected chi connectivity index (χ4v) is 5.34. The highest BCUT2D eigenvalue weighted by atomic mass is 19.4. The summed E-state index contributed by atoms with van der Waals surface area (Å²) >= 11 is 0. The minimum absolute atomic E-state index is 0.0149. The first-order chi connectivity index (χ1) is 24.4. The van der Waals surface area contributed by atoms with Crippen molar-refractivity contribution in [3.8, 4) is 5.75 Å². The normalized spacial score (nSPS) is 13.6. The second-order valence-electron chi connectivity index (χ2n) is 12.3. The van der Waals surface area contributed by atoms with Gasteiger partial charge in [-0.05, 0) is 49.6 Å². The van der Waals surface area contributed by atoms with Crippen molar-refractivity contribution in [1.82, 2.24) is 25.2 Å². The molecule has 0 aliphatic heterocycles. The van der Waals surface area contributed by atoms with Crippen LogP contribution in [0.25, 0.3) is 0 Å². The van der Waals surface area contributed by atoms with Gasteiger partial charge in [-0.2, -0.15) is 23.1 Å². The van der Waals surface area contributed by atoms with E-state index >= 15 is 0 Å². The van der Waals surface area contributed by atoms with E-state index in [0.717, 1.165) is 23.3 Å². The van der Waals surface area contributed by atoms with Crippen molar-refractivity contribution >= 4 is 17.3 Å². The van der Waals surface area contributed by atoms with Crippen LogP contribution in [0.3, 0.4) is 0 Å². The van der Waals surface area contributed by atoms with Crippen LogP contribution in [0.2, 0.25) is 0 Å². The molecule has 3 aromatic carbocycles. The summed E-state index contributed by atoms with van der Waals surface area (Å²) in [5.74, 6) is 1.13. The second-order valence-corrected chi connectivity index (χ2v) is 12.3. The van der Waals surface area contributed by atoms with Crippen LogP contribution in [-0.4, -0.2) is 42.8 Å².